The number of hydrogen-bond donors (Lipinski definition) is 0. The van der Waals surface area contributed by atoms with Gasteiger partial charge >= 0.3 is 5.97 Å². The minimum Gasteiger partial charge on any atom is -0.466 e. The van der Waals surface area contributed by atoms with Crippen LogP contribution in [0.1, 0.15) is 31.7 Å². The lowest BCUT2D eigenvalue weighted by molar-refractivity contribution is -0.145. The van der Waals surface area contributed by atoms with E-state index < -0.39 is 11.8 Å². The van der Waals surface area contributed by atoms with E-state index in [-0.39, 0.29) is 31.7 Å². The Hall–Kier alpha value is -2.23. The number of hydrogen-bond acceptors (Lipinski definition) is 4. The molecule has 0 N–H and O–H groups in total. The molecule has 0 aliphatic heterocycles. The van der Waals surface area contributed by atoms with Gasteiger partial charge in [-0.25, -0.2) is 0 Å². The lowest BCUT2D eigenvalue weighted by Crippen LogP contribution is -2.14. The van der Waals surface area contributed by atoms with Crippen LogP contribution in [0.2, 0.25) is 0 Å². The molecule has 4 nitrogen and oxygen atoms in total. The third-order valence-corrected chi connectivity index (χ3v) is 2.50. The van der Waals surface area contributed by atoms with Gasteiger partial charge in [0.1, 0.15) is 12.2 Å². The molecule has 20 heavy (non-hydrogen) atoms. The molecular weight excluding hydrogens is 256 g/mol. The van der Waals surface area contributed by atoms with Crippen LogP contribution in [-0.2, 0) is 19.1 Å². The summed E-state index contributed by atoms with van der Waals surface area (Å²) in [4.78, 5) is 34.1. The number of benzene rings is 1. The van der Waals surface area contributed by atoms with Crippen molar-refractivity contribution in [3.05, 3.63) is 42.0 Å². The van der Waals surface area contributed by atoms with E-state index in [1.165, 1.54) is 0 Å². The summed E-state index contributed by atoms with van der Waals surface area (Å²) < 4.78 is 4.65. The van der Waals surface area contributed by atoms with Gasteiger partial charge in [-0.2, -0.15) is 0 Å². The summed E-state index contributed by atoms with van der Waals surface area (Å²) in [6, 6.07) is 9.57. The number of carbonyl (C=O) groups excluding carboxylic acids is 3. The Labute approximate surface area is 118 Å². The van der Waals surface area contributed by atoms with Crippen molar-refractivity contribution in [2.45, 2.75) is 26.2 Å². The SMILES string of the molecule is CCOC(=O)CC(=O)CC(=O)CC=Cc1ccccc1. The number of ether oxygens (including phenoxy) is 1. The lowest BCUT2D eigenvalue weighted by Gasteiger charge is -2.00. The van der Waals surface area contributed by atoms with Gasteiger partial charge < -0.3 is 4.74 Å². The zero-order chi connectivity index (χ0) is 14.8. The standard InChI is InChI=1S/C16H18O4/c1-2-20-16(19)12-15(18)11-14(17)10-6-9-13-7-4-3-5-8-13/h3-9H,2,10-12H2,1H3. The Bertz CT molecular complexity index is 488. The molecule has 0 radical (unpaired) electrons. The second-order valence-corrected chi connectivity index (χ2v) is 4.25. The lowest BCUT2D eigenvalue weighted by atomic mass is 10.1. The van der Waals surface area contributed by atoms with Crippen LogP contribution in [0.25, 0.3) is 6.08 Å². The predicted octanol–water partition coefficient (Wildman–Crippen LogP) is 2.57. The fourth-order valence-electron chi connectivity index (χ4n) is 1.62. The zero-order valence-electron chi connectivity index (χ0n) is 11.5. The van der Waals surface area contributed by atoms with Crippen LogP contribution in [0.4, 0.5) is 0 Å². The Morgan fingerprint density at radius 3 is 2.40 bits per heavy atom. The van der Waals surface area contributed by atoms with Crippen molar-refractivity contribution in [3.63, 3.8) is 0 Å². The van der Waals surface area contributed by atoms with E-state index in [4.69, 9.17) is 0 Å². The number of Topliss-reactive ketones (excluding diaryl/α,β-unsaturated/α-hetero) is 2. The van der Waals surface area contributed by atoms with Crippen LogP contribution >= 0.6 is 0 Å². The molecule has 0 atom stereocenters. The summed E-state index contributed by atoms with van der Waals surface area (Å²) in [5.74, 6) is -1.18. The Morgan fingerprint density at radius 2 is 1.75 bits per heavy atom. The van der Waals surface area contributed by atoms with Gasteiger partial charge in [-0.15, -0.1) is 0 Å². The molecule has 0 spiro atoms. The van der Waals surface area contributed by atoms with E-state index in [9.17, 15) is 14.4 Å². The second-order valence-electron chi connectivity index (χ2n) is 4.25. The molecule has 1 aromatic rings. The number of allylic oxidation sites excluding steroid dienone is 1. The Kier molecular flexibility index (Phi) is 6.96. The topological polar surface area (TPSA) is 60.4 Å². The summed E-state index contributed by atoms with van der Waals surface area (Å²) in [6.45, 7) is 1.90. The molecule has 0 heterocycles. The molecule has 0 bridgehead atoms. The van der Waals surface area contributed by atoms with Gasteiger partial charge in [0, 0.05) is 6.42 Å². The monoisotopic (exact) mass is 274 g/mol. The maximum atomic E-state index is 11.6. The predicted molar refractivity (Wildman–Crippen MR) is 76.0 cm³/mol. The number of ketones is 2. The molecule has 1 aromatic carbocycles. The number of esters is 1. The first-order chi connectivity index (χ1) is 9.61. The summed E-state index contributed by atoms with van der Waals surface area (Å²) in [7, 11) is 0. The molecule has 0 aliphatic rings. The van der Waals surface area contributed by atoms with Gasteiger partial charge in [0.15, 0.2) is 5.78 Å². The van der Waals surface area contributed by atoms with Crippen LogP contribution in [0, 0.1) is 0 Å². The summed E-state index contributed by atoms with van der Waals surface area (Å²) in [5.41, 5.74) is 0.998. The van der Waals surface area contributed by atoms with Crippen molar-refractivity contribution in [3.8, 4) is 0 Å². The molecule has 0 amide bonds. The van der Waals surface area contributed by atoms with Crippen molar-refractivity contribution in [2.24, 2.45) is 0 Å². The van der Waals surface area contributed by atoms with Crippen LogP contribution in [-0.4, -0.2) is 24.1 Å². The highest BCUT2D eigenvalue weighted by atomic mass is 16.5. The molecule has 0 unspecified atom stereocenters. The van der Waals surface area contributed by atoms with Crippen LogP contribution in [0.3, 0.4) is 0 Å². The fraction of sp³-hybridized carbons (Fsp3) is 0.312. The fourth-order valence-corrected chi connectivity index (χ4v) is 1.62. The maximum Gasteiger partial charge on any atom is 0.313 e. The molecule has 0 saturated heterocycles. The highest BCUT2D eigenvalue weighted by Gasteiger charge is 2.13. The van der Waals surface area contributed by atoms with Gasteiger partial charge in [-0.1, -0.05) is 42.5 Å². The highest BCUT2D eigenvalue weighted by molar-refractivity contribution is 6.05. The number of carbonyl (C=O) groups is 3. The third kappa shape index (κ3) is 6.64. The Morgan fingerprint density at radius 1 is 1.05 bits per heavy atom. The van der Waals surface area contributed by atoms with E-state index in [0.29, 0.717) is 0 Å². The maximum absolute atomic E-state index is 11.6. The third-order valence-electron chi connectivity index (χ3n) is 2.50. The molecule has 0 saturated carbocycles. The molecule has 1 rings (SSSR count). The van der Waals surface area contributed by atoms with Gasteiger partial charge in [0.25, 0.3) is 0 Å². The van der Waals surface area contributed by atoms with Crippen LogP contribution < -0.4 is 0 Å². The molecule has 0 fully saturated rings. The molecular formula is C16H18O4. The zero-order valence-corrected chi connectivity index (χ0v) is 11.5. The van der Waals surface area contributed by atoms with Crippen molar-refractivity contribution in [2.75, 3.05) is 6.61 Å². The van der Waals surface area contributed by atoms with Gasteiger partial charge in [-0.05, 0) is 12.5 Å². The van der Waals surface area contributed by atoms with E-state index >= 15 is 0 Å². The first-order valence-corrected chi connectivity index (χ1v) is 6.52. The minimum absolute atomic E-state index is 0.184. The summed E-state index contributed by atoms with van der Waals surface area (Å²) >= 11 is 0. The average molecular weight is 274 g/mol. The molecule has 0 aliphatic carbocycles. The second kappa shape index (κ2) is 8.80. The molecule has 106 valence electrons. The van der Waals surface area contributed by atoms with Crippen molar-refractivity contribution in [1.82, 2.24) is 0 Å². The quantitative estimate of drug-likeness (QED) is 0.540. The highest BCUT2D eigenvalue weighted by Crippen LogP contribution is 2.04. The van der Waals surface area contributed by atoms with E-state index in [1.807, 2.05) is 36.4 Å². The largest absolute Gasteiger partial charge is 0.466 e. The van der Waals surface area contributed by atoms with Crippen molar-refractivity contribution >= 4 is 23.6 Å². The van der Waals surface area contributed by atoms with E-state index in [1.54, 1.807) is 13.0 Å². The minimum atomic E-state index is -0.579. The normalized spacial score (nSPS) is 10.4. The first-order valence-electron chi connectivity index (χ1n) is 6.52. The molecule has 4 heteroatoms. The molecule has 0 aromatic heterocycles. The van der Waals surface area contributed by atoms with Gasteiger partial charge in [0.05, 0.1) is 13.0 Å². The van der Waals surface area contributed by atoms with Gasteiger partial charge in [0.2, 0.25) is 0 Å². The smallest absolute Gasteiger partial charge is 0.313 e. The van der Waals surface area contributed by atoms with Crippen LogP contribution in [0.5, 0.6) is 0 Å². The number of rotatable bonds is 8. The summed E-state index contributed by atoms with van der Waals surface area (Å²) in [5, 5.41) is 0. The first kappa shape index (κ1) is 15.8. The van der Waals surface area contributed by atoms with E-state index in [0.717, 1.165) is 5.56 Å². The van der Waals surface area contributed by atoms with Crippen molar-refractivity contribution < 1.29 is 19.1 Å². The van der Waals surface area contributed by atoms with Crippen LogP contribution in [0.15, 0.2) is 36.4 Å². The Balaban J connectivity index is 2.31. The summed E-state index contributed by atoms with van der Waals surface area (Å²) in [6.07, 6.45) is 3.17. The van der Waals surface area contributed by atoms with Gasteiger partial charge in [-0.3, -0.25) is 14.4 Å². The van der Waals surface area contributed by atoms with E-state index in [2.05, 4.69) is 4.74 Å². The average Bonchev–Trinajstić information content (AvgIpc) is 2.39. The van der Waals surface area contributed by atoms with Crippen molar-refractivity contribution in [1.29, 1.82) is 0 Å².